The Kier molecular flexibility index (Phi) is 15.6. The van der Waals surface area contributed by atoms with Crippen LogP contribution in [-0.2, 0) is 4.74 Å². The lowest BCUT2D eigenvalue weighted by Gasteiger charge is -2.08. The van der Waals surface area contributed by atoms with Gasteiger partial charge in [-0.2, -0.15) is 0 Å². The van der Waals surface area contributed by atoms with E-state index in [4.69, 9.17) is 4.74 Å². The van der Waals surface area contributed by atoms with Gasteiger partial charge in [0.2, 0.25) is 0 Å². The number of urea groups is 1. The molecule has 2 amide bonds. The van der Waals surface area contributed by atoms with Crippen molar-refractivity contribution in [1.29, 1.82) is 0 Å². The van der Waals surface area contributed by atoms with E-state index < -0.39 is 0 Å². The van der Waals surface area contributed by atoms with Crippen LogP contribution in [0.4, 0.5) is 4.79 Å². The molecule has 0 radical (unpaired) electrons. The van der Waals surface area contributed by atoms with E-state index in [-0.39, 0.29) is 6.03 Å². The molecule has 5 heteroatoms. The van der Waals surface area contributed by atoms with Crippen molar-refractivity contribution in [3.05, 3.63) is 0 Å². The molecule has 120 valence electrons. The van der Waals surface area contributed by atoms with Crippen LogP contribution in [0.5, 0.6) is 0 Å². The molecule has 0 aromatic heterocycles. The van der Waals surface area contributed by atoms with Gasteiger partial charge in [-0.15, -0.1) is 0 Å². The van der Waals surface area contributed by atoms with Crippen LogP contribution in [-0.4, -0.2) is 45.4 Å². The van der Waals surface area contributed by atoms with Crippen LogP contribution in [0, 0.1) is 0 Å². The predicted molar refractivity (Wildman–Crippen MR) is 84.1 cm³/mol. The molecule has 0 saturated carbocycles. The zero-order valence-corrected chi connectivity index (χ0v) is 13.3. The quantitative estimate of drug-likeness (QED) is 0.430. The van der Waals surface area contributed by atoms with Gasteiger partial charge < -0.3 is 20.7 Å². The lowest BCUT2D eigenvalue weighted by atomic mass is 10.3. The fraction of sp³-hybridized carbons (Fsp3) is 0.933. The number of ether oxygens (including phenoxy) is 1. The van der Waals surface area contributed by atoms with Crippen molar-refractivity contribution in [1.82, 2.24) is 16.0 Å². The Labute approximate surface area is 124 Å². The van der Waals surface area contributed by atoms with E-state index in [1.165, 1.54) is 12.8 Å². The highest BCUT2D eigenvalue weighted by Crippen LogP contribution is 1.87. The Hall–Kier alpha value is -0.810. The van der Waals surface area contributed by atoms with E-state index >= 15 is 0 Å². The van der Waals surface area contributed by atoms with Crippen LogP contribution in [0.15, 0.2) is 0 Å². The standard InChI is InChI=1S/C15H33N3O2/c1-3-5-9-16-10-7-13-20-14-8-12-18-15(19)17-11-6-4-2/h16H,3-14H2,1-2H3,(H2,17,18,19). The number of nitrogens with one attached hydrogen (secondary N) is 3. The Morgan fingerprint density at radius 3 is 1.95 bits per heavy atom. The minimum absolute atomic E-state index is 0.0708. The summed E-state index contributed by atoms with van der Waals surface area (Å²) in [6.45, 7) is 9.37. The number of hydrogen-bond acceptors (Lipinski definition) is 3. The average molecular weight is 287 g/mol. The van der Waals surface area contributed by atoms with E-state index in [0.717, 1.165) is 51.9 Å². The molecule has 0 atom stereocenters. The third kappa shape index (κ3) is 15.2. The third-order valence-electron chi connectivity index (χ3n) is 2.92. The number of rotatable bonds is 14. The fourth-order valence-electron chi connectivity index (χ4n) is 1.65. The molecule has 0 saturated heterocycles. The smallest absolute Gasteiger partial charge is 0.314 e. The summed E-state index contributed by atoms with van der Waals surface area (Å²) in [4.78, 5) is 11.3. The summed E-state index contributed by atoms with van der Waals surface area (Å²) < 4.78 is 5.51. The summed E-state index contributed by atoms with van der Waals surface area (Å²) in [5, 5.41) is 9.03. The van der Waals surface area contributed by atoms with E-state index in [2.05, 4.69) is 29.8 Å². The Balaban J connectivity index is 3.07. The summed E-state index contributed by atoms with van der Waals surface area (Å²) in [7, 11) is 0. The van der Waals surface area contributed by atoms with Gasteiger partial charge in [0.1, 0.15) is 0 Å². The van der Waals surface area contributed by atoms with Crippen LogP contribution < -0.4 is 16.0 Å². The third-order valence-corrected chi connectivity index (χ3v) is 2.92. The fourth-order valence-corrected chi connectivity index (χ4v) is 1.65. The first-order valence-electron chi connectivity index (χ1n) is 8.11. The Morgan fingerprint density at radius 2 is 1.30 bits per heavy atom. The predicted octanol–water partition coefficient (Wildman–Crippen LogP) is 2.27. The molecule has 0 aromatic carbocycles. The summed E-state index contributed by atoms with van der Waals surface area (Å²) >= 11 is 0. The van der Waals surface area contributed by atoms with Crippen LogP contribution in [0.2, 0.25) is 0 Å². The van der Waals surface area contributed by atoms with Gasteiger partial charge >= 0.3 is 6.03 Å². The van der Waals surface area contributed by atoms with Crippen molar-refractivity contribution >= 4 is 6.03 Å². The topological polar surface area (TPSA) is 62.4 Å². The molecular weight excluding hydrogens is 254 g/mol. The Morgan fingerprint density at radius 1 is 0.800 bits per heavy atom. The molecular formula is C15H33N3O2. The van der Waals surface area contributed by atoms with E-state index in [1.54, 1.807) is 0 Å². The molecule has 0 bridgehead atoms. The molecule has 0 aliphatic rings. The van der Waals surface area contributed by atoms with E-state index in [9.17, 15) is 4.79 Å². The molecule has 0 fully saturated rings. The molecule has 0 aliphatic heterocycles. The second-order valence-corrected chi connectivity index (χ2v) is 4.96. The maximum absolute atomic E-state index is 11.3. The lowest BCUT2D eigenvalue weighted by molar-refractivity contribution is 0.129. The van der Waals surface area contributed by atoms with Gasteiger partial charge in [-0.1, -0.05) is 26.7 Å². The maximum atomic E-state index is 11.3. The maximum Gasteiger partial charge on any atom is 0.314 e. The highest BCUT2D eigenvalue weighted by molar-refractivity contribution is 5.73. The first-order chi connectivity index (χ1) is 9.81. The molecule has 3 N–H and O–H groups in total. The molecule has 0 aliphatic carbocycles. The SMILES string of the molecule is CCCCNCCCOCCCNC(=O)NCCCC. The van der Waals surface area contributed by atoms with Crippen molar-refractivity contribution in [2.75, 3.05) is 39.4 Å². The summed E-state index contributed by atoms with van der Waals surface area (Å²) in [5.74, 6) is 0. The molecule has 0 heterocycles. The van der Waals surface area contributed by atoms with Gasteiger partial charge in [-0.05, 0) is 38.8 Å². The summed E-state index contributed by atoms with van der Waals surface area (Å²) in [6, 6.07) is -0.0708. The number of amides is 2. The van der Waals surface area contributed by atoms with Crippen molar-refractivity contribution < 1.29 is 9.53 Å². The molecule has 5 nitrogen and oxygen atoms in total. The molecule has 0 spiro atoms. The normalized spacial score (nSPS) is 10.5. The first kappa shape index (κ1) is 19.2. The number of unbranched alkanes of at least 4 members (excludes halogenated alkanes) is 2. The van der Waals surface area contributed by atoms with Crippen LogP contribution in [0.3, 0.4) is 0 Å². The van der Waals surface area contributed by atoms with Crippen LogP contribution in [0.1, 0.15) is 52.4 Å². The number of hydrogen-bond donors (Lipinski definition) is 3. The van der Waals surface area contributed by atoms with Gasteiger partial charge in [-0.3, -0.25) is 0 Å². The van der Waals surface area contributed by atoms with E-state index in [0.29, 0.717) is 13.2 Å². The van der Waals surface area contributed by atoms with Gasteiger partial charge in [-0.25, -0.2) is 4.79 Å². The molecule has 20 heavy (non-hydrogen) atoms. The van der Waals surface area contributed by atoms with E-state index in [1.807, 2.05) is 0 Å². The highest BCUT2D eigenvalue weighted by atomic mass is 16.5. The van der Waals surface area contributed by atoms with Crippen LogP contribution in [0.25, 0.3) is 0 Å². The van der Waals surface area contributed by atoms with Gasteiger partial charge in [0.05, 0.1) is 0 Å². The minimum Gasteiger partial charge on any atom is -0.381 e. The minimum atomic E-state index is -0.0708. The van der Waals surface area contributed by atoms with Crippen molar-refractivity contribution in [2.24, 2.45) is 0 Å². The van der Waals surface area contributed by atoms with Crippen molar-refractivity contribution in [3.8, 4) is 0 Å². The van der Waals surface area contributed by atoms with Gasteiger partial charge in [0.25, 0.3) is 0 Å². The number of carbonyl (C=O) groups is 1. The number of carbonyl (C=O) groups excluding carboxylic acids is 1. The largest absolute Gasteiger partial charge is 0.381 e. The zero-order valence-electron chi connectivity index (χ0n) is 13.3. The Bertz CT molecular complexity index is 213. The second kappa shape index (κ2) is 16.2. The molecule has 0 unspecified atom stereocenters. The zero-order chi connectivity index (χ0) is 14.9. The van der Waals surface area contributed by atoms with Gasteiger partial charge in [0.15, 0.2) is 0 Å². The van der Waals surface area contributed by atoms with Crippen LogP contribution >= 0.6 is 0 Å². The second-order valence-electron chi connectivity index (χ2n) is 4.96. The first-order valence-corrected chi connectivity index (χ1v) is 8.11. The van der Waals surface area contributed by atoms with Crippen molar-refractivity contribution in [3.63, 3.8) is 0 Å². The van der Waals surface area contributed by atoms with Gasteiger partial charge in [0, 0.05) is 26.3 Å². The molecule has 0 rings (SSSR count). The monoisotopic (exact) mass is 287 g/mol. The van der Waals surface area contributed by atoms with Crippen molar-refractivity contribution in [2.45, 2.75) is 52.4 Å². The average Bonchev–Trinajstić information content (AvgIpc) is 2.45. The summed E-state index contributed by atoms with van der Waals surface area (Å²) in [6.07, 6.45) is 6.53. The highest BCUT2D eigenvalue weighted by Gasteiger charge is 1.97. The molecule has 0 aromatic rings. The lowest BCUT2D eigenvalue weighted by Crippen LogP contribution is -2.36. The summed E-state index contributed by atoms with van der Waals surface area (Å²) in [5.41, 5.74) is 0.